The van der Waals surface area contributed by atoms with Crippen LogP contribution in [-0.4, -0.2) is 30.6 Å². The molecule has 19 heavy (non-hydrogen) atoms. The average molecular weight is 256 g/mol. The second-order valence-corrected chi connectivity index (χ2v) is 4.38. The summed E-state index contributed by atoms with van der Waals surface area (Å²) in [5.74, 6) is -0.922. The Morgan fingerprint density at radius 3 is 2.79 bits per heavy atom. The average Bonchev–Trinajstić information content (AvgIpc) is 2.95. The number of fused-ring (bicyclic) bond motifs is 1. The van der Waals surface area contributed by atoms with Gasteiger partial charge in [0.25, 0.3) is 0 Å². The fourth-order valence-corrected chi connectivity index (χ4v) is 2.19. The molecule has 0 saturated carbocycles. The summed E-state index contributed by atoms with van der Waals surface area (Å²) in [5.41, 5.74) is 1.98. The lowest BCUT2D eigenvalue weighted by molar-refractivity contribution is 0.0699. The number of benzene rings is 1. The van der Waals surface area contributed by atoms with Gasteiger partial charge in [0.1, 0.15) is 5.69 Å². The van der Waals surface area contributed by atoms with Gasteiger partial charge in [0.15, 0.2) is 0 Å². The van der Waals surface area contributed by atoms with Gasteiger partial charge < -0.3 is 9.67 Å². The van der Waals surface area contributed by atoms with Crippen LogP contribution < -0.4 is 0 Å². The Bertz CT molecular complexity index is 757. The Kier molecular flexibility index (Phi) is 2.56. The van der Waals surface area contributed by atoms with Crippen LogP contribution in [0.5, 0.6) is 0 Å². The zero-order chi connectivity index (χ0) is 13.4. The number of carboxylic acid groups (broad SMARTS) is 1. The Balaban J connectivity index is 2.11. The monoisotopic (exact) mass is 256 g/mol. The Morgan fingerprint density at radius 2 is 2.11 bits per heavy atom. The molecule has 0 atom stereocenters. The van der Waals surface area contributed by atoms with Crippen molar-refractivity contribution in [1.82, 2.24) is 19.6 Å². The molecule has 0 aliphatic carbocycles. The molecular formula is C13H12N4O2. The first-order valence-corrected chi connectivity index (χ1v) is 5.81. The molecule has 3 aromatic rings. The summed E-state index contributed by atoms with van der Waals surface area (Å²) >= 11 is 0. The lowest BCUT2D eigenvalue weighted by Gasteiger charge is -2.01. The Labute approximate surface area is 108 Å². The smallest absolute Gasteiger partial charge is 0.337 e. The quantitative estimate of drug-likeness (QED) is 0.771. The molecule has 1 N–H and O–H groups in total. The van der Waals surface area contributed by atoms with E-state index in [0.29, 0.717) is 12.1 Å². The summed E-state index contributed by atoms with van der Waals surface area (Å²) in [6.45, 7) is 0.502. The van der Waals surface area contributed by atoms with Crippen LogP contribution in [0.25, 0.3) is 10.9 Å². The van der Waals surface area contributed by atoms with Gasteiger partial charge in [-0.2, -0.15) is 0 Å². The number of hydrogen-bond donors (Lipinski definition) is 1. The molecule has 2 aromatic heterocycles. The van der Waals surface area contributed by atoms with Crippen LogP contribution in [-0.2, 0) is 13.6 Å². The minimum atomic E-state index is -0.922. The van der Waals surface area contributed by atoms with E-state index in [9.17, 15) is 9.90 Å². The van der Waals surface area contributed by atoms with Crippen LogP contribution >= 0.6 is 0 Å². The van der Waals surface area contributed by atoms with Crippen LogP contribution in [0.4, 0.5) is 0 Å². The highest BCUT2D eigenvalue weighted by Gasteiger charge is 2.14. The van der Waals surface area contributed by atoms with Crippen molar-refractivity contribution in [1.29, 1.82) is 0 Å². The molecule has 0 bridgehead atoms. The molecule has 0 unspecified atom stereocenters. The number of aryl methyl sites for hydroxylation is 1. The Morgan fingerprint density at radius 1 is 1.32 bits per heavy atom. The van der Waals surface area contributed by atoms with E-state index in [4.69, 9.17) is 0 Å². The first-order chi connectivity index (χ1) is 9.15. The molecule has 6 nitrogen and oxygen atoms in total. The van der Waals surface area contributed by atoms with Gasteiger partial charge in [-0.3, -0.25) is 4.68 Å². The lowest BCUT2D eigenvalue weighted by atomic mass is 10.2. The van der Waals surface area contributed by atoms with E-state index in [1.54, 1.807) is 17.9 Å². The number of aromatic carboxylic acids is 1. The van der Waals surface area contributed by atoms with Gasteiger partial charge in [-0.15, -0.1) is 5.10 Å². The zero-order valence-corrected chi connectivity index (χ0v) is 10.3. The summed E-state index contributed by atoms with van der Waals surface area (Å²) < 4.78 is 3.50. The number of carbonyl (C=O) groups is 1. The molecule has 96 valence electrons. The van der Waals surface area contributed by atoms with Crippen LogP contribution in [0, 0.1) is 0 Å². The third kappa shape index (κ3) is 1.97. The predicted octanol–water partition coefficient (Wildman–Crippen LogP) is 1.52. The maximum Gasteiger partial charge on any atom is 0.337 e. The normalized spacial score (nSPS) is 11.0. The van der Waals surface area contributed by atoms with Crippen LogP contribution in [0.3, 0.4) is 0 Å². The van der Waals surface area contributed by atoms with Crippen molar-refractivity contribution < 1.29 is 9.90 Å². The standard InChI is InChI=1S/C13H12N4O2/c1-16-6-9(14-15-16)7-17-8-11(13(18)19)10-4-2-3-5-12(10)17/h2-6,8H,7H2,1H3,(H,18,19). The molecule has 0 radical (unpaired) electrons. The molecule has 6 heteroatoms. The molecule has 0 amide bonds. The van der Waals surface area contributed by atoms with Crippen LogP contribution in [0.15, 0.2) is 36.7 Å². The van der Waals surface area contributed by atoms with E-state index in [0.717, 1.165) is 16.6 Å². The van der Waals surface area contributed by atoms with E-state index < -0.39 is 5.97 Å². The zero-order valence-electron chi connectivity index (χ0n) is 10.3. The van der Waals surface area contributed by atoms with Gasteiger partial charge >= 0.3 is 5.97 Å². The largest absolute Gasteiger partial charge is 0.478 e. The van der Waals surface area contributed by atoms with Gasteiger partial charge in [0.2, 0.25) is 0 Å². The first kappa shape index (κ1) is 11.5. The number of carboxylic acids is 1. The highest BCUT2D eigenvalue weighted by Crippen LogP contribution is 2.21. The molecule has 2 heterocycles. The molecule has 0 aliphatic rings. The van der Waals surface area contributed by atoms with Gasteiger partial charge in [-0.25, -0.2) is 4.79 Å². The third-order valence-corrected chi connectivity index (χ3v) is 3.00. The van der Waals surface area contributed by atoms with E-state index in [1.807, 2.05) is 35.0 Å². The number of rotatable bonds is 3. The summed E-state index contributed by atoms with van der Waals surface area (Å²) in [4.78, 5) is 11.2. The van der Waals surface area contributed by atoms with E-state index >= 15 is 0 Å². The topological polar surface area (TPSA) is 72.9 Å². The number of nitrogens with zero attached hydrogens (tertiary/aromatic N) is 4. The minimum Gasteiger partial charge on any atom is -0.478 e. The fraction of sp³-hybridized carbons (Fsp3) is 0.154. The van der Waals surface area contributed by atoms with Crippen molar-refractivity contribution in [3.63, 3.8) is 0 Å². The molecule has 1 aromatic carbocycles. The first-order valence-electron chi connectivity index (χ1n) is 5.81. The van der Waals surface area contributed by atoms with Crippen LogP contribution in [0.1, 0.15) is 16.1 Å². The van der Waals surface area contributed by atoms with Crippen molar-refractivity contribution in [2.45, 2.75) is 6.54 Å². The number of aromatic nitrogens is 4. The van der Waals surface area contributed by atoms with E-state index in [-0.39, 0.29) is 0 Å². The fourth-order valence-electron chi connectivity index (χ4n) is 2.19. The molecule has 0 saturated heterocycles. The van der Waals surface area contributed by atoms with Crippen molar-refractivity contribution in [3.05, 3.63) is 47.9 Å². The highest BCUT2D eigenvalue weighted by atomic mass is 16.4. The van der Waals surface area contributed by atoms with E-state index in [2.05, 4.69) is 10.3 Å². The maximum absolute atomic E-state index is 11.2. The van der Waals surface area contributed by atoms with E-state index in [1.165, 1.54) is 0 Å². The van der Waals surface area contributed by atoms with Crippen molar-refractivity contribution in [3.8, 4) is 0 Å². The summed E-state index contributed by atoms with van der Waals surface area (Å²) in [5, 5.41) is 17.8. The van der Waals surface area contributed by atoms with Gasteiger partial charge in [0, 0.05) is 30.3 Å². The second kappa shape index (κ2) is 4.24. The van der Waals surface area contributed by atoms with Gasteiger partial charge in [0.05, 0.1) is 12.1 Å². The maximum atomic E-state index is 11.2. The summed E-state index contributed by atoms with van der Waals surface area (Å²) in [7, 11) is 1.80. The molecule has 3 rings (SSSR count). The molecule has 0 fully saturated rings. The summed E-state index contributed by atoms with van der Waals surface area (Å²) in [6, 6.07) is 7.44. The Hall–Kier alpha value is -2.63. The van der Waals surface area contributed by atoms with Gasteiger partial charge in [-0.1, -0.05) is 23.4 Å². The van der Waals surface area contributed by atoms with Crippen molar-refractivity contribution >= 4 is 16.9 Å². The SMILES string of the molecule is Cn1cc(Cn2cc(C(=O)O)c3ccccc32)nn1. The highest BCUT2D eigenvalue weighted by molar-refractivity contribution is 6.03. The van der Waals surface area contributed by atoms with Crippen molar-refractivity contribution in [2.75, 3.05) is 0 Å². The molecule has 0 aliphatic heterocycles. The van der Waals surface area contributed by atoms with Crippen LogP contribution in [0.2, 0.25) is 0 Å². The summed E-state index contributed by atoms with van der Waals surface area (Å²) in [6.07, 6.45) is 3.46. The third-order valence-electron chi connectivity index (χ3n) is 3.00. The molecular weight excluding hydrogens is 244 g/mol. The molecule has 0 spiro atoms. The van der Waals surface area contributed by atoms with Crippen molar-refractivity contribution in [2.24, 2.45) is 7.05 Å². The van der Waals surface area contributed by atoms with Gasteiger partial charge in [-0.05, 0) is 6.07 Å². The number of hydrogen-bond acceptors (Lipinski definition) is 3. The number of para-hydroxylation sites is 1. The minimum absolute atomic E-state index is 0.305. The lowest BCUT2D eigenvalue weighted by Crippen LogP contribution is -1.99. The predicted molar refractivity (Wildman–Crippen MR) is 69.0 cm³/mol. The second-order valence-electron chi connectivity index (χ2n) is 4.38.